The average Bonchev–Trinajstić information content (AvgIpc) is 2.50. The van der Waals surface area contributed by atoms with Crippen LogP contribution in [0.5, 0.6) is 11.5 Å². The highest BCUT2D eigenvalue weighted by molar-refractivity contribution is 6.37. The molecule has 0 amide bonds. The molecule has 11 heteroatoms. The summed E-state index contributed by atoms with van der Waals surface area (Å²) in [6, 6.07) is 1.92. The number of hydrogen-bond donors (Lipinski definition) is 0. The zero-order valence-electron chi connectivity index (χ0n) is 12.4. The summed E-state index contributed by atoms with van der Waals surface area (Å²) < 4.78 is 44.2. The Morgan fingerprint density at radius 1 is 1.24 bits per heavy atom. The molecule has 2 rings (SSSR count). The second-order valence-electron chi connectivity index (χ2n) is 4.93. The Morgan fingerprint density at radius 3 is 2.28 bits per heavy atom. The third-order valence-corrected chi connectivity index (χ3v) is 3.78. The molecule has 0 aliphatic carbocycles. The third kappa shape index (κ3) is 4.23. The predicted octanol–water partition coefficient (Wildman–Crippen LogP) is 4.98. The van der Waals surface area contributed by atoms with Gasteiger partial charge in [0, 0.05) is 18.2 Å². The van der Waals surface area contributed by atoms with E-state index in [2.05, 4.69) is 0 Å². The summed E-state index contributed by atoms with van der Waals surface area (Å²) in [5.41, 5.74) is -1.25. The standard InChI is InChI=1S/C14H9Cl2F3N2O4/c1-7(14(17,18)19)20-6-9(2-3-12(20)22)25-13-10(15)4-8(21(23)24)5-11(13)16/h2-7H,1H3. The lowest BCUT2D eigenvalue weighted by molar-refractivity contribution is -0.384. The van der Waals surface area contributed by atoms with E-state index < -0.39 is 22.7 Å². The summed E-state index contributed by atoms with van der Waals surface area (Å²) in [4.78, 5) is 21.7. The average molecular weight is 397 g/mol. The van der Waals surface area contributed by atoms with Crippen molar-refractivity contribution in [3.05, 3.63) is 61.0 Å². The van der Waals surface area contributed by atoms with Gasteiger partial charge in [0.15, 0.2) is 5.75 Å². The van der Waals surface area contributed by atoms with Crippen LogP contribution in [0.3, 0.4) is 0 Å². The zero-order chi connectivity index (χ0) is 18.9. The van der Waals surface area contributed by atoms with Gasteiger partial charge in [0.2, 0.25) is 0 Å². The van der Waals surface area contributed by atoms with E-state index in [1.165, 1.54) is 0 Å². The van der Waals surface area contributed by atoms with Crippen LogP contribution < -0.4 is 10.3 Å². The summed E-state index contributed by atoms with van der Waals surface area (Å²) in [6.45, 7) is 0.816. The Morgan fingerprint density at radius 2 is 1.80 bits per heavy atom. The highest BCUT2D eigenvalue weighted by Gasteiger charge is 2.37. The first-order valence-electron chi connectivity index (χ1n) is 6.61. The van der Waals surface area contributed by atoms with E-state index >= 15 is 0 Å². The topological polar surface area (TPSA) is 74.4 Å². The molecule has 134 valence electrons. The van der Waals surface area contributed by atoms with Crippen LogP contribution >= 0.6 is 23.2 Å². The lowest BCUT2D eigenvalue weighted by Crippen LogP contribution is -2.31. The van der Waals surface area contributed by atoms with E-state index in [0.717, 1.165) is 37.4 Å². The molecule has 0 N–H and O–H groups in total. The van der Waals surface area contributed by atoms with Crippen molar-refractivity contribution in [1.82, 2.24) is 4.57 Å². The summed E-state index contributed by atoms with van der Waals surface area (Å²) >= 11 is 11.7. The highest BCUT2D eigenvalue weighted by atomic mass is 35.5. The van der Waals surface area contributed by atoms with Gasteiger partial charge in [-0.25, -0.2) is 0 Å². The number of rotatable bonds is 4. The van der Waals surface area contributed by atoms with Crippen molar-refractivity contribution in [2.24, 2.45) is 0 Å². The van der Waals surface area contributed by atoms with Crippen molar-refractivity contribution in [3.63, 3.8) is 0 Å². The Labute approximate surface area is 148 Å². The maximum atomic E-state index is 12.8. The number of benzene rings is 1. The number of aromatic nitrogens is 1. The van der Waals surface area contributed by atoms with Gasteiger partial charge in [0.25, 0.3) is 11.2 Å². The molecular weight excluding hydrogens is 388 g/mol. The molecule has 0 radical (unpaired) electrons. The van der Waals surface area contributed by atoms with E-state index in [9.17, 15) is 28.1 Å². The van der Waals surface area contributed by atoms with Crippen molar-refractivity contribution in [3.8, 4) is 11.5 Å². The van der Waals surface area contributed by atoms with Crippen molar-refractivity contribution >= 4 is 28.9 Å². The molecule has 1 atom stereocenters. The van der Waals surface area contributed by atoms with Gasteiger partial charge in [-0.05, 0) is 13.0 Å². The summed E-state index contributed by atoms with van der Waals surface area (Å²) in [6.07, 6.45) is -3.78. The smallest absolute Gasteiger partial charge is 0.408 e. The van der Waals surface area contributed by atoms with Crippen LogP contribution in [0, 0.1) is 10.1 Å². The van der Waals surface area contributed by atoms with Gasteiger partial charge in [-0.3, -0.25) is 19.5 Å². The van der Waals surface area contributed by atoms with E-state index in [1.54, 1.807) is 0 Å². The van der Waals surface area contributed by atoms with Crippen LogP contribution in [0.2, 0.25) is 10.0 Å². The molecule has 1 aromatic carbocycles. The predicted molar refractivity (Wildman–Crippen MR) is 84.7 cm³/mol. The Balaban J connectivity index is 2.42. The fourth-order valence-corrected chi connectivity index (χ4v) is 2.42. The number of hydrogen-bond acceptors (Lipinski definition) is 4. The first-order chi connectivity index (χ1) is 11.5. The van der Waals surface area contributed by atoms with Gasteiger partial charge in [-0.2, -0.15) is 13.2 Å². The number of alkyl halides is 3. The molecule has 1 unspecified atom stereocenters. The van der Waals surface area contributed by atoms with Gasteiger partial charge in [-0.1, -0.05) is 23.2 Å². The minimum atomic E-state index is -4.63. The Hall–Kier alpha value is -2.26. The molecule has 0 saturated carbocycles. The fourth-order valence-electron chi connectivity index (χ4n) is 1.87. The molecule has 0 fully saturated rings. The SMILES string of the molecule is CC(n1cc(Oc2c(Cl)cc([N+](=O)[O-])cc2Cl)ccc1=O)C(F)(F)F. The lowest BCUT2D eigenvalue weighted by atomic mass is 10.3. The van der Waals surface area contributed by atoms with Crippen LogP contribution in [0.25, 0.3) is 0 Å². The number of halogens is 5. The first-order valence-corrected chi connectivity index (χ1v) is 7.36. The molecule has 6 nitrogen and oxygen atoms in total. The number of nitro benzene ring substituents is 1. The van der Waals surface area contributed by atoms with Crippen molar-refractivity contribution in [2.75, 3.05) is 0 Å². The summed E-state index contributed by atoms with van der Waals surface area (Å²) in [5, 5.41) is 10.3. The van der Waals surface area contributed by atoms with Gasteiger partial charge in [0.05, 0.1) is 21.2 Å². The van der Waals surface area contributed by atoms with Crippen LogP contribution in [0.1, 0.15) is 13.0 Å². The maximum absolute atomic E-state index is 12.8. The summed E-state index contributed by atoms with van der Waals surface area (Å²) in [5.74, 6) is -0.327. The first kappa shape index (κ1) is 19.1. The van der Waals surface area contributed by atoms with Crippen LogP contribution in [0.4, 0.5) is 18.9 Å². The Bertz CT molecular complexity index is 860. The highest BCUT2D eigenvalue weighted by Crippen LogP contribution is 2.39. The largest absolute Gasteiger partial charge is 0.453 e. The van der Waals surface area contributed by atoms with E-state index in [0.29, 0.717) is 4.57 Å². The molecule has 1 heterocycles. The molecule has 0 aliphatic heterocycles. The van der Waals surface area contributed by atoms with Crippen LogP contribution in [0.15, 0.2) is 35.3 Å². The number of non-ortho nitro benzene ring substituents is 1. The van der Waals surface area contributed by atoms with Crippen molar-refractivity contribution in [1.29, 1.82) is 0 Å². The second kappa shape index (κ2) is 6.93. The maximum Gasteiger partial charge on any atom is 0.408 e. The zero-order valence-corrected chi connectivity index (χ0v) is 13.9. The van der Waals surface area contributed by atoms with E-state index in [1.807, 2.05) is 0 Å². The molecule has 1 aromatic heterocycles. The quantitative estimate of drug-likeness (QED) is 0.539. The molecule has 0 aliphatic rings. The van der Waals surface area contributed by atoms with Gasteiger partial charge >= 0.3 is 6.18 Å². The van der Waals surface area contributed by atoms with Gasteiger partial charge < -0.3 is 4.74 Å². The number of nitrogens with zero attached hydrogens (tertiary/aromatic N) is 2. The Kier molecular flexibility index (Phi) is 5.28. The van der Waals surface area contributed by atoms with E-state index in [-0.39, 0.29) is 27.2 Å². The second-order valence-corrected chi connectivity index (χ2v) is 5.74. The number of pyridine rings is 1. The van der Waals surface area contributed by atoms with Crippen molar-refractivity contribution < 1.29 is 22.8 Å². The van der Waals surface area contributed by atoms with Crippen LogP contribution in [-0.4, -0.2) is 15.7 Å². The molecule has 2 aromatic rings. The molecule has 0 bridgehead atoms. The fraction of sp³-hybridized carbons (Fsp3) is 0.214. The normalized spacial score (nSPS) is 12.7. The molecule has 0 saturated heterocycles. The molecular formula is C14H9Cl2F3N2O4. The monoisotopic (exact) mass is 396 g/mol. The third-order valence-electron chi connectivity index (χ3n) is 3.22. The lowest BCUT2D eigenvalue weighted by Gasteiger charge is -2.19. The van der Waals surface area contributed by atoms with Crippen molar-refractivity contribution in [2.45, 2.75) is 19.1 Å². The molecule has 25 heavy (non-hydrogen) atoms. The summed E-state index contributed by atoms with van der Waals surface area (Å²) in [7, 11) is 0. The van der Waals surface area contributed by atoms with Gasteiger partial charge in [-0.15, -0.1) is 0 Å². The van der Waals surface area contributed by atoms with E-state index in [4.69, 9.17) is 27.9 Å². The van der Waals surface area contributed by atoms with Crippen LogP contribution in [-0.2, 0) is 0 Å². The minimum absolute atomic E-state index is 0.145. The van der Waals surface area contributed by atoms with Gasteiger partial charge in [0.1, 0.15) is 11.8 Å². The number of ether oxygens (including phenoxy) is 1. The number of nitro groups is 1. The molecule has 0 spiro atoms. The minimum Gasteiger partial charge on any atom is -0.453 e.